The molecule has 64 valence electrons. The second kappa shape index (κ2) is 4.83. The number of benzene rings is 1. The normalized spacial score (nSPS) is 9.58. The van der Waals surface area contributed by atoms with Crippen molar-refractivity contribution in [1.82, 2.24) is 0 Å². The Morgan fingerprint density at radius 3 is 2.25 bits per heavy atom. The second-order valence-electron chi connectivity index (χ2n) is 2.70. The fourth-order valence-corrected chi connectivity index (χ4v) is 1.25. The lowest BCUT2D eigenvalue weighted by atomic mass is 10.1. The topological polar surface area (TPSA) is 0 Å². The van der Waals surface area contributed by atoms with Gasteiger partial charge in [-0.3, -0.25) is 0 Å². The summed E-state index contributed by atoms with van der Waals surface area (Å²) in [6.45, 7) is 2.10. The van der Waals surface area contributed by atoms with Crippen molar-refractivity contribution in [3.05, 3.63) is 44.9 Å². The lowest BCUT2D eigenvalue weighted by molar-refractivity contribution is 1.15. The minimum Gasteiger partial charge on any atom is -0.0622 e. The van der Waals surface area contributed by atoms with Gasteiger partial charge >= 0.3 is 0 Å². The molecule has 0 aromatic heterocycles. The van der Waals surface area contributed by atoms with Crippen molar-refractivity contribution in [2.75, 3.05) is 0 Å². The van der Waals surface area contributed by atoms with E-state index in [0.29, 0.717) is 0 Å². The Morgan fingerprint density at radius 1 is 1.17 bits per heavy atom. The highest BCUT2D eigenvalue weighted by Gasteiger charge is 1.96. The molecule has 0 nitrogen and oxygen atoms in total. The molecule has 1 rings (SSSR count). The molecule has 1 aromatic rings. The molecule has 0 saturated heterocycles. The molecule has 0 aliphatic rings. The summed E-state index contributed by atoms with van der Waals surface area (Å²) in [4.78, 5) is 0. The molecular weight excluding hydrogens is 280 g/mol. The highest BCUT2D eigenvalue weighted by atomic mass is 79.9. The zero-order valence-corrected chi connectivity index (χ0v) is 10.0. The molecule has 0 heterocycles. The molecular formula is C10H10Br2. The summed E-state index contributed by atoms with van der Waals surface area (Å²) in [5.41, 5.74) is 2.65. The summed E-state index contributed by atoms with van der Waals surface area (Å²) in [7, 11) is 0. The van der Waals surface area contributed by atoms with Gasteiger partial charge in [-0.15, -0.1) is 0 Å². The SMILES string of the molecule is CC(Cc1ccccc1)=C(Br)Br. The predicted octanol–water partition coefficient (Wildman–Crippen LogP) is 4.25. The van der Waals surface area contributed by atoms with Crippen molar-refractivity contribution in [3.63, 3.8) is 0 Å². The minimum absolute atomic E-state index is 0.993. The van der Waals surface area contributed by atoms with Crippen molar-refractivity contribution < 1.29 is 0 Å². The van der Waals surface area contributed by atoms with Crippen LogP contribution in [-0.4, -0.2) is 0 Å². The van der Waals surface area contributed by atoms with Gasteiger partial charge in [0.2, 0.25) is 0 Å². The Bertz CT molecular complexity index is 271. The van der Waals surface area contributed by atoms with Crippen LogP contribution in [-0.2, 0) is 6.42 Å². The Labute approximate surface area is 89.9 Å². The van der Waals surface area contributed by atoms with Crippen LogP contribution in [0, 0.1) is 0 Å². The van der Waals surface area contributed by atoms with Gasteiger partial charge in [-0.1, -0.05) is 30.3 Å². The lowest BCUT2D eigenvalue weighted by Gasteiger charge is -2.01. The highest BCUT2D eigenvalue weighted by Crippen LogP contribution is 2.21. The van der Waals surface area contributed by atoms with Crippen LogP contribution in [0.4, 0.5) is 0 Å². The van der Waals surface area contributed by atoms with E-state index in [0.717, 1.165) is 9.81 Å². The summed E-state index contributed by atoms with van der Waals surface area (Å²) >= 11 is 6.79. The van der Waals surface area contributed by atoms with E-state index in [2.05, 4.69) is 63.0 Å². The number of hydrogen-bond acceptors (Lipinski definition) is 0. The first-order chi connectivity index (χ1) is 5.70. The van der Waals surface area contributed by atoms with Crippen molar-refractivity contribution in [1.29, 1.82) is 0 Å². The van der Waals surface area contributed by atoms with E-state index in [1.165, 1.54) is 11.1 Å². The maximum atomic E-state index is 3.39. The van der Waals surface area contributed by atoms with Gasteiger partial charge < -0.3 is 0 Å². The minimum atomic E-state index is 0.993. The van der Waals surface area contributed by atoms with Crippen LogP contribution in [0.3, 0.4) is 0 Å². The molecule has 12 heavy (non-hydrogen) atoms. The van der Waals surface area contributed by atoms with E-state index < -0.39 is 0 Å². The van der Waals surface area contributed by atoms with E-state index in [4.69, 9.17) is 0 Å². The smallest absolute Gasteiger partial charge is 0.0596 e. The summed E-state index contributed by atoms with van der Waals surface area (Å²) in [6, 6.07) is 10.4. The fourth-order valence-electron chi connectivity index (χ4n) is 0.969. The average Bonchev–Trinajstić information content (AvgIpc) is 2.06. The number of rotatable bonds is 2. The van der Waals surface area contributed by atoms with Gasteiger partial charge in [0.05, 0.1) is 3.39 Å². The predicted molar refractivity (Wildman–Crippen MR) is 60.7 cm³/mol. The van der Waals surface area contributed by atoms with Crippen LogP contribution in [0.2, 0.25) is 0 Å². The van der Waals surface area contributed by atoms with E-state index >= 15 is 0 Å². The maximum absolute atomic E-state index is 3.39. The number of allylic oxidation sites excluding steroid dienone is 1. The molecule has 1 aromatic carbocycles. The molecule has 0 amide bonds. The van der Waals surface area contributed by atoms with E-state index in [-0.39, 0.29) is 0 Å². The number of halogens is 2. The van der Waals surface area contributed by atoms with Crippen LogP contribution in [0.25, 0.3) is 0 Å². The van der Waals surface area contributed by atoms with Crippen LogP contribution < -0.4 is 0 Å². The fraction of sp³-hybridized carbons (Fsp3) is 0.200. The highest BCUT2D eigenvalue weighted by molar-refractivity contribution is 9.28. The van der Waals surface area contributed by atoms with Gasteiger partial charge in [0.1, 0.15) is 0 Å². The molecule has 0 spiro atoms. The summed E-state index contributed by atoms with van der Waals surface area (Å²) in [5.74, 6) is 0. The Hall–Kier alpha value is -0.0800. The van der Waals surface area contributed by atoms with Crippen molar-refractivity contribution in [3.8, 4) is 0 Å². The molecule has 0 unspecified atom stereocenters. The van der Waals surface area contributed by atoms with Gasteiger partial charge in [0.25, 0.3) is 0 Å². The summed E-state index contributed by atoms with van der Waals surface area (Å²) in [6.07, 6.45) is 0.993. The number of hydrogen-bond donors (Lipinski definition) is 0. The van der Waals surface area contributed by atoms with Crippen LogP contribution >= 0.6 is 31.9 Å². The molecule has 0 atom stereocenters. The first kappa shape index (κ1) is 10.0. The average molecular weight is 290 g/mol. The summed E-state index contributed by atoms with van der Waals surface area (Å²) in [5, 5.41) is 0. The standard InChI is InChI=1S/C10H10Br2/c1-8(10(11)12)7-9-5-3-2-4-6-9/h2-6H,7H2,1H3. The van der Waals surface area contributed by atoms with Crippen LogP contribution in [0.5, 0.6) is 0 Å². The first-order valence-corrected chi connectivity index (χ1v) is 5.33. The molecule has 0 saturated carbocycles. The van der Waals surface area contributed by atoms with Gasteiger partial charge in [-0.2, -0.15) is 0 Å². The third-order valence-corrected chi connectivity index (χ3v) is 2.99. The first-order valence-electron chi connectivity index (χ1n) is 3.75. The summed E-state index contributed by atoms with van der Waals surface area (Å²) < 4.78 is 1.05. The maximum Gasteiger partial charge on any atom is 0.0596 e. The van der Waals surface area contributed by atoms with Gasteiger partial charge in [0.15, 0.2) is 0 Å². The molecule has 0 bridgehead atoms. The Morgan fingerprint density at radius 2 is 1.75 bits per heavy atom. The quantitative estimate of drug-likeness (QED) is 0.763. The van der Waals surface area contributed by atoms with Crippen LogP contribution in [0.1, 0.15) is 12.5 Å². The zero-order chi connectivity index (χ0) is 8.97. The molecule has 0 aliphatic carbocycles. The Kier molecular flexibility index (Phi) is 4.02. The van der Waals surface area contributed by atoms with Crippen molar-refractivity contribution in [2.24, 2.45) is 0 Å². The van der Waals surface area contributed by atoms with Crippen LogP contribution in [0.15, 0.2) is 39.3 Å². The third kappa shape index (κ3) is 3.11. The van der Waals surface area contributed by atoms with Gasteiger partial charge in [-0.05, 0) is 56.3 Å². The van der Waals surface area contributed by atoms with E-state index in [1.54, 1.807) is 0 Å². The largest absolute Gasteiger partial charge is 0.0622 e. The Balaban J connectivity index is 2.72. The monoisotopic (exact) mass is 288 g/mol. The van der Waals surface area contributed by atoms with Gasteiger partial charge in [-0.25, -0.2) is 0 Å². The lowest BCUT2D eigenvalue weighted by Crippen LogP contribution is -1.85. The van der Waals surface area contributed by atoms with Crippen molar-refractivity contribution >= 4 is 31.9 Å². The molecule has 0 aliphatic heterocycles. The molecule has 2 heteroatoms. The zero-order valence-electron chi connectivity index (χ0n) is 6.85. The van der Waals surface area contributed by atoms with E-state index in [9.17, 15) is 0 Å². The second-order valence-corrected chi connectivity index (χ2v) is 5.35. The molecule has 0 fully saturated rings. The van der Waals surface area contributed by atoms with E-state index in [1.807, 2.05) is 6.07 Å². The third-order valence-electron chi connectivity index (χ3n) is 1.63. The van der Waals surface area contributed by atoms with Gasteiger partial charge in [0, 0.05) is 0 Å². The molecule has 0 radical (unpaired) electrons. The molecule has 0 N–H and O–H groups in total. The van der Waals surface area contributed by atoms with Crippen molar-refractivity contribution in [2.45, 2.75) is 13.3 Å².